The molecule has 2 N–H and O–H groups in total. The molecular formula is C13H25NO2. The highest BCUT2D eigenvalue weighted by Gasteiger charge is 2.30. The molecule has 0 bridgehead atoms. The number of hydrogen-bond donors (Lipinski definition) is 2. The Morgan fingerprint density at radius 1 is 1.38 bits per heavy atom. The van der Waals surface area contributed by atoms with Crippen molar-refractivity contribution in [1.82, 2.24) is 5.32 Å². The molecule has 94 valence electrons. The van der Waals surface area contributed by atoms with Crippen LogP contribution in [0.3, 0.4) is 0 Å². The van der Waals surface area contributed by atoms with E-state index in [1.165, 1.54) is 25.7 Å². The van der Waals surface area contributed by atoms with E-state index >= 15 is 0 Å². The van der Waals surface area contributed by atoms with Gasteiger partial charge in [0.25, 0.3) is 0 Å². The zero-order valence-corrected chi connectivity index (χ0v) is 10.3. The highest BCUT2D eigenvalue weighted by atomic mass is 16.5. The number of rotatable bonds is 6. The number of ether oxygens (including phenoxy) is 1. The average molecular weight is 227 g/mol. The number of nitrogens with one attached hydrogen (secondary N) is 1. The largest absolute Gasteiger partial charge is 0.392 e. The Balaban J connectivity index is 1.64. The predicted octanol–water partition coefficient (Wildman–Crippen LogP) is 1.69. The van der Waals surface area contributed by atoms with Crippen LogP contribution in [0, 0.1) is 5.92 Å². The van der Waals surface area contributed by atoms with Gasteiger partial charge in [-0.3, -0.25) is 0 Å². The molecule has 3 heteroatoms. The maximum Gasteiger partial charge on any atom is 0.0692 e. The van der Waals surface area contributed by atoms with E-state index in [-0.39, 0.29) is 6.10 Å². The van der Waals surface area contributed by atoms with Crippen molar-refractivity contribution in [3.63, 3.8) is 0 Å². The number of aliphatic hydroxyl groups excluding tert-OH is 1. The molecule has 2 rings (SSSR count). The van der Waals surface area contributed by atoms with Gasteiger partial charge < -0.3 is 15.2 Å². The van der Waals surface area contributed by atoms with Crippen molar-refractivity contribution in [2.45, 2.75) is 63.7 Å². The summed E-state index contributed by atoms with van der Waals surface area (Å²) in [6.07, 6.45) is 7.33. The summed E-state index contributed by atoms with van der Waals surface area (Å²) in [5.41, 5.74) is 0. The third-order valence-electron chi connectivity index (χ3n) is 3.76. The van der Waals surface area contributed by atoms with Gasteiger partial charge in [0.2, 0.25) is 0 Å². The van der Waals surface area contributed by atoms with E-state index in [9.17, 15) is 5.11 Å². The van der Waals surface area contributed by atoms with Gasteiger partial charge in [0.05, 0.1) is 12.2 Å². The molecule has 16 heavy (non-hydrogen) atoms. The third-order valence-corrected chi connectivity index (χ3v) is 3.76. The molecule has 0 aromatic rings. The Hall–Kier alpha value is -0.120. The van der Waals surface area contributed by atoms with Gasteiger partial charge in [0.1, 0.15) is 0 Å². The molecule has 1 heterocycles. The van der Waals surface area contributed by atoms with Crippen LogP contribution in [-0.4, -0.2) is 36.5 Å². The Labute approximate surface area is 98.6 Å². The summed E-state index contributed by atoms with van der Waals surface area (Å²) in [6.45, 7) is 3.85. The topological polar surface area (TPSA) is 41.5 Å². The maximum atomic E-state index is 9.80. The van der Waals surface area contributed by atoms with E-state index < -0.39 is 0 Å². The zero-order chi connectivity index (χ0) is 11.4. The van der Waals surface area contributed by atoms with Crippen LogP contribution in [0.15, 0.2) is 0 Å². The minimum absolute atomic E-state index is 0.118. The van der Waals surface area contributed by atoms with E-state index in [1.807, 2.05) is 0 Å². The normalized spacial score (nSPS) is 32.6. The molecule has 3 unspecified atom stereocenters. The summed E-state index contributed by atoms with van der Waals surface area (Å²) in [6, 6.07) is 0.554. The molecule has 2 fully saturated rings. The fourth-order valence-electron chi connectivity index (χ4n) is 2.52. The second-order valence-electron chi connectivity index (χ2n) is 5.32. The van der Waals surface area contributed by atoms with Crippen LogP contribution in [0.1, 0.15) is 45.4 Å². The van der Waals surface area contributed by atoms with Crippen LogP contribution in [0.2, 0.25) is 0 Å². The molecule has 0 radical (unpaired) electrons. The zero-order valence-electron chi connectivity index (χ0n) is 10.3. The fraction of sp³-hybridized carbons (Fsp3) is 1.00. The van der Waals surface area contributed by atoms with Crippen LogP contribution >= 0.6 is 0 Å². The summed E-state index contributed by atoms with van der Waals surface area (Å²) < 4.78 is 5.71. The van der Waals surface area contributed by atoms with Crippen molar-refractivity contribution < 1.29 is 9.84 Å². The highest BCUT2D eigenvalue weighted by Crippen LogP contribution is 2.32. The van der Waals surface area contributed by atoms with E-state index in [1.54, 1.807) is 0 Å². The number of aliphatic hydroxyl groups is 1. The quantitative estimate of drug-likeness (QED) is 0.725. The molecule has 0 aromatic heterocycles. The first-order chi connectivity index (χ1) is 7.79. The lowest BCUT2D eigenvalue weighted by Crippen LogP contribution is -2.42. The summed E-state index contributed by atoms with van der Waals surface area (Å²) in [4.78, 5) is 0. The molecule has 3 nitrogen and oxygen atoms in total. The van der Waals surface area contributed by atoms with E-state index in [2.05, 4.69) is 12.2 Å². The Kier molecular flexibility index (Phi) is 4.62. The summed E-state index contributed by atoms with van der Waals surface area (Å²) in [5, 5.41) is 13.3. The van der Waals surface area contributed by atoms with Gasteiger partial charge in [-0.2, -0.15) is 0 Å². The Morgan fingerprint density at radius 3 is 2.88 bits per heavy atom. The lowest BCUT2D eigenvalue weighted by Gasteiger charge is -2.30. The SMILES string of the molecule is CCCC1CC(NCC(O)C2CC2)CCO1. The van der Waals surface area contributed by atoms with Gasteiger partial charge in [-0.15, -0.1) is 0 Å². The molecule has 0 spiro atoms. The van der Waals surface area contributed by atoms with Crippen molar-refractivity contribution in [1.29, 1.82) is 0 Å². The van der Waals surface area contributed by atoms with Crippen LogP contribution in [0.4, 0.5) is 0 Å². The van der Waals surface area contributed by atoms with Crippen LogP contribution in [0.5, 0.6) is 0 Å². The maximum absolute atomic E-state index is 9.80. The van der Waals surface area contributed by atoms with Crippen LogP contribution in [0.25, 0.3) is 0 Å². The van der Waals surface area contributed by atoms with E-state index in [4.69, 9.17) is 4.74 Å². The first kappa shape index (κ1) is 12.3. The third kappa shape index (κ3) is 3.72. The average Bonchev–Trinajstić information content (AvgIpc) is 3.11. The predicted molar refractivity (Wildman–Crippen MR) is 64.4 cm³/mol. The van der Waals surface area contributed by atoms with Crippen molar-refractivity contribution in [3.05, 3.63) is 0 Å². The van der Waals surface area contributed by atoms with E-state index in [0.717, 1.165) is 26.0 Å². The van der Waals surface area contributed by atoms with Gasteiger partial charge in [-0.25, -0.2) is 0 Å². The second kappa shape index (κ2) is 5.99. The lowest BCUT2D eigenvalue weighted by molar-refractivity contribution is -0.00543. The monoisotopic (exact) mass is 227 g/mol. The summed E-state index contributed by atoms with van der Waals surface area (Å²) >= 11 is 0. The highest BCUT2D eigenvalue weighted by molar-refractivity contribution is 4.84. The molecule has 1 saturated carbocycles. The van der Waals surface area contributed by atoms with Crippen molar-refractivity contribution >= 4 is 0 Å². The van der Waals surface area contributed by atoms with Gasteiger partial charge in [-0.05, 0) is 38.0 Å². The first-order valence-corrected chi connectivity index (χ1v) is 6.82. The molecule has 0 amide bonds. The molecular weight excluding hydrogens is 202 g/mol. The minimum atomic E-state index is -0.118. The van der Waals surface area contributed by atoms with E-state index in [0.29, 0.717) is 18.1 Å². The molecule has 1 saturated heterocycles. The van der Waals surface area contributed by atoms with Crippen molar-refractivity contribution in [3.8, 4) is 0 Å². The van der Waals surface area contributed by atoms with Crippen LogP contribution < -0.4 is 5.32 Å². The Bertz CT molecular complexity index is 204. The van der Waals surface area contributed by atoms with Crippen molar-refractivity contribution in [2.24, 2.45) is 5.92 Å². The standard InChI is InChI=1S/C13H25NO2/c1-2-3-12-8-11(6-7-16-12)14-9-13(15)10-4-5-10/h10-15H,2-9H2,1H3. The Morgan fingerprint density at radius 2 is 2.19 bits per heavy atom. The molecule has 0 aromatic carbocycles. The van der Waals surface area contributed by atoms with Gasteiger partial charge in [0.15, 0.2) is 0 Å². The lowest BCUT2D eigenvalue weighted by atomic mass is 10.00. The smallest absolute Gasteiger partial charge is 0.0692 e. The fourth-order valence-corrected chi connectivity index (χ4v) is 2.52. The second-order valence-corrected chi connectivity index (χ2v) is 5.32. The molecule has 3 atom stereocenters. The first-order valence-electron chi connectivity index (χ1n) is 6.82. The van der Waals surface area contributed by atoms with Crippen LogP contribution in [-0.2, 0) is 4.74 Å². The van der Waals surface area contributed by atoms with Gasteiger partial charge in [0, 0.05) is 19.2 Å². The van der Waals surface area contributed by atoms with Crippen molar-refractivity contribution in [2.75, 3.05) is 13.2 Å². The molecule has 1 aliphatic carbocycles. The minimum Gasteiger partial charge on any atom is -0.392 e. The summed E-state index contributed by atoms with van der Waals surface area (Å²) in [5.74, 6) is 0.582. The number of hydrogen-bond acceptors (Lipinski definition) is 3. The molecule has 2 aliphatic rings. The summed E-state index contributed by atoms with van der Waals surface area (Å²) in [7, 11) is 0. The van der Waals surface area contributed by atoms with Gasteiger partial charge >= 0.3 is 0 Å². The molecule has 1 aliphatic heterocycles. The van der Waals surface area contributed by atoms with Gasteiger partial charge in [-0.1, -0.05) is 13.3 Å².